The van der Waals surface area contributed by atoms with Crippen molar-refractivity contribution < 1.29 is 9.18 Å². The fourth-order valence-electron chi connectivity index (χ4n) is 3.03. The second kappa shape index (κ2) is 7.82. The summed E-state index contributed by atoms with van der Waals surface area (Å²) in [6, 6.07) is 6.80. The van der Waals surface area contributed by atoms with Crippen LogP contribution >= 0.6 is 15.9 Å². The van der Waals surface area contributed by atoms with Gasteiger partial charge in [0.2, 0.25) is 0 Å². The Morgan fingerprint density at radius 2 is 2.04 bits per heavy atom. The van der Waals surface area contributed by atoms with Crippen molar-refractivity contribution in [3.8, 4) is 0 Å². The van der Waals surface area contributed by atoms with Gasteiger partial charge in [0.25, 0.3) is 5.91 Å². The largest absolute Gasteiger partial charge is 0.380 e. The van der Waals surface area contributed by atoms with Gasteiger partial charge in [-0.05, 0) is 49.1 Å². The van der Waals surface area contributed by atoms with Crippen LogP contribution in [-0.4, -0.2) is 24.0 Å². The van der Waals surface area contributed by atoms with E-state index in [1.165, 1.54) is 25.3 Å². The fraction of sp³-hybridized carbons (Fsp3) is 0.333. The molecular formula is C18H20BrFN4O. The first-order chi connectivity index (χ1) is 12.0. The van der Waals surface area contributed by atoms with Crippen molar-refractivity contribution >= 4 is 33.3 Å². The van der Waals surface area contributed by atoms with E-state index in [1.54, 1.807) is 12.3 Å². The van der Waals surface area contributed by atoms with Gasteiger partial charge in [-0.2, -0.15) is 0 Å². The number of carbonyl (C=O) groups is 1. The van der Waals surface area contributed by atoms with E-state index >= 15 is 0 Å². The highest BCUT2D eigenvalue weighted by atomic mass is 79.9. The number of nitrogens with one attached hydrogen (secondary N) is 1. The predicted octanol–water partition coefficient (Wildman–Crippen LogP) is 3.68. The van der Waals surface area contributed by atoms with Crippen LogP contribution in [0.5, 0.6) is 0 Å². The number of pyridine rings is 1. The Morgan fingerprint density at radius 3 is 2.76 bits per heavy atom. The molecule has 1 aromatic carbocycles. The van der Waals surface area contributed by atoms with E-state index in [1.807, 2.05) is 12.1 Å². The van der Waals surface area contributed by atoms with Gasteiger partial charge in [0.15, 0.2) is 0 Å². The number of benzene rings is 1. The fourth-order valence-corrected chi connectivity index (χ4v) is 3.46. The molecule has 0 spiro atoms. The topological polar surface area (TPSA) is 71.2 Å². The van der Waals surface area contributed by atoms with E-state index < -0.39 is 11.7 Å². The third kappa shape index (κ3) is 4.28. The number of piperidine rings is 1. The Kier molecular flexibility index (Phi) is 5.53. The zero-order valence-corrected chi connectivity index (χ0v) is 15.4. The Bertz CT molecular complexity index is 778. The lowest BCUT2D eigenvalue weighted by Gasteiger charge is -2.28. The summed E-state index contributed by atoms with van der Waals surface area (Å²) in [6.45, 7) is 2.48. The molecular weight excluding hydrogens is 387 g/mol. The number of hydrogen-bond acceptors (Lipinski definition) is 4. The molecule has 25 heavy (non-hydrogen) atoms. The van der Waals surface area contributed by atoms with Crippen molar-refractivity contribution in [1.29, 1.82) is 0 Å². The average molecular weight is 407 g/mol. The number of primary amides is 1. The molecule has 0 atom stereocenters. The van der Waals surface area contributed by atoms with Crippen LogP contribution in [0.25, 0.3) is 0 Å². The van der Waals surface area contributed by atoms with Crippen molar-refractivity contribution in [2.45, 2.75) is 25.8 Å². The number of hydrogen-bond donors (Lipinski definition) is 2. The van der Waals surface area contributed by atoms with Crippen LogP contribution < -0.4 is 16.0 Å². The first kappa shape index (κ1) is 17.7. The van der Waals surface area contributed by atoms with Crippen LogP contribution in [-0.2, 0) is 6.54 Å². The van der Waals surface area contributed by atoms with Gasteiger partial charge in [0.05, 0.1) is 11.3 Å². The summed E-state index contributed by atoms with van der Waals surface area (Å²) in [6.07, 6.45) is 5.41. The van der Waals surface area contributed by atoms with Crippen LogP contribution in [0.3, 0.4) is 0 Å². The Labute approximate surface area is 154 Å². The number of rotatable bonds is 5. The first-order valence-corrected chi connectivity index (χ1v) is 9.06. The van der Waals surface area contributed by atoms with Crippen LogP contribution in [0, 0.1) is 5.82 Å². The SMILES string of the molecule is NC(=O)c1c(F)cc(Br)cc1NCc1ccnc(N2CCCCC2)c1. The molecule has 1 aliphatic heterocycles. The van der Waals surface area contributed by atoms with E-state index in [9.17, 15) is 9.18 Å². The van der Waals surface area contributed by atoms with Gasteiger partial charge >= 0.3 is 0 Å². The predicted molar refractivity (Wildman–Crippen MR) is 100 cm³/mol. The summed E-state index contributed by atoms with van der Waals surface area (Å²) in [5, 5.41) is 3.11. The molecule has 5 nitrogen and oxygen atoms in total. The van der Waals surface area contributed by atoms with E-state index in [0.29, 0.717) is 16.7 Å². The zero-order valence-electron chi connectivity index (χ0n) is 13.8. The molecule has 0 aliphatic carbocycles. The molecule has 3 rings (SSSR count). The minimum absolute atomic E-state index is 0.131. The number of halogens is 2. The number of nitrogens with zero attached hydrogens (tertiary/aromatic N) is 2. The molecule has 0 unspecified atom stereocenters. The van der Waals surface area contributed by atoms with E-state index in [0.717, 1.165) is 24.5 Å². The molecule has 3 N–H and O–H groups in total. The third-order valence-electron chi connectivity index (χ3n) is 4.27. The molecule has 1 aliphatic rings. The maximum atomic E-state index is 14.0. The average Bonchev–Trinajstić information content (AvgIpc) is 2.60. The number of nitrogens with two attached hydrogens (primary N) is 1. The van der Waals surface area contributed by atoms with E-state index in [4.69, 9.17) is 5.73 Å². The van der Waals surface area contributed by atoms with Gasteiger partial charge < -0.3 is 16.0 Å². The van der Waals surface area contributed by atoms with Crippen molar-refractivity contribution in [3.63, 3.8) is 0 Å². The van der Waals surface area contributed by atoms with Crippen molar-refractivity contribution in [1.82, 2.24) is 4.98 Å². The van der Waals surface area contributed by atoms with Gasteiger partial charge in [-0.25, -0.2) is 9.37 Å². The van der Waals surface area contributed by atoms with Gasteiger partial charge in [-0.3, -0.25) is 4.79 Å². The highest BCUT2D eigenvalue weighted by Gasteiger charge is 2.16. The lowest BCUT2D eigenvalue weighted by Crippen LogP contribution is -2.30. The monoisotopic (exact) mass is 406 g/mol. The molecule has 2 aromatic rings. The summed E-state index contributed by atoms with van der Waals surface area (Å²) >= 11 is 3.24. The summed E-state index contributed by atoms with van der Waals surface area (Å²) in [5.41, 5.74) is 6.55. The van der Waals surface area contributed by atoms with Crippen molar-refractivity contribution in [2.24, 2.45) is 5.73 Å². The number of carbonyl (C=O) groups excluding carboxylic acids is 1. The zero-order chi connectivity index (χ0) is 17.8. The van der Waals surface area contributed by atoms with Crippen molar-refractivity contribution in [3.05, 3.63) is 51.9 Å². The molecule has 7 heteroatoms. The van der Waals surface area contributed by atoms with Crippen molar-refractivity contribution in [2.75, 3.05) is 23.3 Å². The lowest BCUT2D eigenvalue weighted by atomic mass is 10.1. The van der Waals surface area contributed by atoms with Crippen LogP contribution in [0.15, 0.2) is 34.9 Å². The molecule has 2 heterocycles. The maximum Gasteiger partial charge on any atom is 0.253 e. The van der Waals surface area contributed by atoms with Crippen LogP contribution in [0.4, 0.5) is 15.9 Å². The minimum atomic E-state index is -0.795. The number of aromatic nitrogens is 1. The molecule has 0 radical (unpaired) electrons. The van der Waals surface area contributed by atoms with E-state index in [-0.39, 0.29) is 5.56 Å². The Morgan fingerprint density at radius 1 is 1.28 bits per heavy atom. The number of anilines is 2. The standard InChI is InChI=1S/C18H20BrFN4O/c19-13-9-14(20)17(18(21)25)15(10-13)23-11-12-4-5-22-16(8-12)24-6-2-1-3-7-24/h4-5,8-10,23H,1-3,6-7,11H2,(H2,21,25). The van der Waals surface area contributed by atoms with Gasteiger partial charge in [-0.1, -0.05) is 15.9 Å². The maximum absolute atomic E-state index is 14.0. The minimum Gasteiger partial charge on any atom is -0.380 e. The molecule has 1 saturated heterocycles. The second-order valence-electron chi connectivity index (χ2n) is 6.10. The second-order valence-corrected chi connectivity index (χ2v) is 7.01. The highest BCUT2D eigenvalue weighted by molar-refractivity contribution is 9.10. The summed E-state index contributed by atoms with van der Waals surface area (Å²) in [4.78, 5) is 18.3. The van der Waals surface area contributed by atoms with E-state index in [2.05, 4.69) is 31.1 Å². The molecule has 132 valence electrons. The Hall–Kier alpha value is -2.15. The molecule has 1 fully saturated rings. The first-order valence-electron chi connectivity index (χ1n) is 8.27. The van der Waals surface area contributed by atoms with Gasteiger partial charge in [0, 0.05) is 30.3 Å². The normalized spacial score (nSPS) is 14.4. The van der Waals surface area contributed by atoms with Gasteiger partial charge in [-0.15, -0.1) is 0 Å². The van der Waals surface area contributed by atoms with Crippen LogP contribution in [0.1, 0.15) is 35.2 Å². The summed E-state index contributed by atoms with van der Waals surface area (Å²) in [5.74, 6) is -0.487. The Balaban J connectivity index is 1.77. The lowest BCUT2D eigenvalue weighted by molar-refractivity contribution is 0.0997. The van der Waals surface area contributed by atoms with Crippen LogP contribution in [0.2, 0.25) is 0 Å². The summed E-state index contributed by atoms with van der Waals surface area (Å²) < 4.78 is 14.5. The van der Waals surface area contributed by atoms with Gasteiger partial charge in [0.1, 0.15) is 11.6 Å². The smallest absolute Gasteiger partial charge is 0.253 e. The molecule has 1 amide bonds. The molecule has 1 aromatic heterocycles. The summed E-state index contributed by atoms with van der Waals surface area (Å²) in [7, 11) is 0. The number of amides is 1. The highest BCUT2D eigenvalue weighted by Crippen LogP contribution is 2.25. The molecule has 0 bridgehead atoms. The third-order valence-corrected chi connectivity index (χ3v) is 4.73. The quantitative estimate of drug-likeness (QED) is 0.793. The molecule has 0 saturated carbocycles.